The molecule has 0 aromatic carbocycles. The lowest BCUT2D eigenvalue weighted by Gasteiger charge is -2.11. The molecule has 1 aromatic heterocycles. The van der Waals surface area contributed by atoms with Crippen LogP contribution in [-0.4, -0.2) is 41.2 Å². The highest BCUT2D eigenvalue weighted by molar-refractivity contribution is 7.98. The molecule has 1 amide bonds. The largest absolute Gasteiger partial charge is 0.395 e. The molecule has 0 aliphatic rings. The summed E-state index contributed by atoms with van der Waals surface area (Å²) in [6.07, 6.45) is 4.02. The molecule has 0 aliphatic carbocycles. The van der Waals surface area contributed by atoms with E-state index in [-0.39, 0.29) is 12.5 Å². The molecule has 1 aromatic rings. The summed E-state index contributed by atoms with van der Waals surface area (Å²) in [5.41, 5.74) is 0.935. The summed E-state index contributed by atoms with van der Waals surface area (Å²) < 4.78 is 0. The summed E-state index contributed by atoms with van der Waals surface area (Å²) in [5.74, 6) is 6.90. The first kappa shape index (κ1) is 16.5. The first-order valence-corrected chi connectivity index (χ1v) is 7.90. The van der Waals surface area contributed by atoms with Crippen LogP contribution in [0, 0.1) is 17.8 Å². The first-order valence-electron chi connectivity index (χ1n) is 6.51. The number of hydrogen-bond acceptors (Lipinski definition) is 4. The van der Waals surface area contributed by atoms with E-state index in [1.165, 1.54) is 0 Å². The Kier molecular flexibility index (Phi) is 7.78. The maximum Gasteiger partial charge on any atom is 0.271 e. The van der Waals surface area contributed by atoms with Crippen molar-refractivity contribution in [3.05, 3.63) is 29.6 Å². The number of hydrogen-bond donors (Lipinski definition) is 2. The highest BCUT2D eigenvalue weighted by Gasteiger charge is 2.12. The quantitative estimate of drug-likeness (QED) is 0.781. The fourth-order valence-electron chi connectivity index (χ4n) is 1.59. The molecule has 0 bridgehead atoms. The number of amides is 1. The zero-order valence-corrected chi connectivity index (χ0v) is 12.7. The maximum atomic E-state index is 12.1. The van der Waals surface area contributed by atoms with E-state index in [0.717, 1.165) is 5.75 Å². The number of nitrogens with zero attached hydrogens (tertiary/aromatic N) is 1. The highest BCUT2D eigenvalue weighted by atomic mass is 32.2. The van der Waals surface area contributed by atoms with Gasteiger partial charge in [-0.05, 0) is 30.1 Å². The van der Waals surface area contributed by atoms with E-state index in [1.54, 1.807) is 30.1 Å². The predicted octanol–water partition coefficient (Wildman–Crippen LogP) is 1.54. The van der Waals surface area contributed by atoms with Crippen LogP contribution in [-0.2, 0) is 0 Å². The monoisotopic (exact) mass is 292 g/mol. The van der Waals surface area contributed by atoms with Gasteiger partial charge in [0, 0.05) is 19.2 Å². The van der Waals surface area contributed by atoms with Crippen LogP contribution in [0.25, 0.3) is 0 Å². The average Bonchev–Trinajstić information content (AvgIpc) is 2.46. The number of thioether (sulfide) groups is 1. The molecule has 0 saturated carbocycles. The lowest BCUT2D eigenvalue weighted by atomic mass is 10.1. The molecule has 5 heteroatoms. The molecule has 0 radical (unpaired) electrons. The van der Waals surface area contributed by atoms with Gasteiger partial charge in [0.25, 0.3) is 5.91 Å². The van der Waals surface area contributed by atoms with Crippen LogP contribution in [0.1, 0.15) is 29.4 Å². The van der Waals surface area contributed by atoms with E-state index >= 15 is 0 Å². The Hall–Kier alpha value is -1.51. The first-order chi connectivity index (χ1) is 9.69. The van der Waals surface area contributed by atoms with Crippen molar-refractivity contribution in [3.63, 3.8) is 0 Å². The third kappa shape index (κ3) is 5.64. The van der Waals surface area contributed by atoms with Crippen molar-refractivity contribution in [2.75, 3.05) is 25.2 Å². The minimum Gasteiger partial charge on any atom is -0.395 e. The number of aromatic nitrogens is 1. The number of carbonyl (C=O) groups excluding carboxylic acids is 1. The number of carbonyl (C=O) groups is 1. The van der Waals surface area contributed by atoms with Crippen LogP contribution >= 0.6 is 11.8 Å². The third-order valence-corrected chi connectivity index (χ3v) is 3.45. The molecule has 4 nitrogen and oxygen atoms in total. The molecule has 0 fully saturated rings. The van der Waals surface area contributed by atoms with Gasteiger partial charge in [-0.1, -0.05) is 18.8 Å². The molecule has 1 heterocycles. The smallest absolute Gasteiger partial charge is 0.271 e. The minimum atomic E-state index is -0.202. The van der Waals surface area contributed by atoms with Crippen molar-refractivity contribution in [1.29, 1.82) is 0 Å². The van der Waals surface area contributed by atoms with Gasteiger partial charge in [0.15, 0.2) is 0 Å². The Morgan fingerprint density at radius 3 is 3.10 bits per heavy atom. The maximum absolute atomic E-state index is 12.1. The number of aliphatic hydroxyl groups is 1. The van der Waals surface area contributed by atoms with Gasteiger partial charge >= 0.3 is 0 Å². The second-order valence-corrected chi connectivity index (χ2v) is 5.36. The fourth-order valence-corrected chi connectivity index (χ4v) is 2.28. The van der Waals surface area contributed by atoms with Crippen LogP contribution in [0.2, 0.25) is 0 Å². The van der Waals surface area contributed by atoms with Crippen molar-refractivity contribution in [2.24, 2.45) is 5.92 Å². The van der Waals surface area contributed by atoms with E-state index in [2.05, 4.69) is 29.1 Å². The van der Waals surface area contributed by atoms with Crippen LogP contribution < -0.4 is 5.32 Å². The second-order valence-electron chi connectivity index (χ2n) is 4.45. The zero-order chi connectivity index (χ0) is 14.8. The molecule has 2 N–H and O–H groups in total. The third-order valence-electron chi connectivity index (χ3n) is 2.54. The lowest BCUT2D eigenvalue weighted by Crippen LogP contribution is -2.30. The van der Waals surface area contributed by atoms with Crippen LogP contribution in [0.4, 0.5) is 0 Å². The Balaban J connectivity index is 2.71. The van der Waals surface area contributed by atoms with E-state index < -0.39 is 0 Å². The Labute approximate surface area is 124 Å². The van der Waals surface area contributed by atoms with Gasteiger partial charge in [-0.2, -0.15) is 11.8 Å². The van der Waals surface area contributed by atoms with Crippen LogP contribution in [0.5, 0.6) is 0 Å². The number of pyridine rings is 1. The number of rotatable bonds is 6. The minimum absolute atomic E-state index is 0.0149. The Morgan fingerprint density at radius 1 is 1.60 bits per heavy atom. The van der Waals surface area contributed by atoms with Crippen molar-refractivity contribution < 1.29 is 9.90 Å². The molecule has 0 spiro atoms. The lowest BCUT2D eigenvalue weighted by molar-refractivity contribution is 0.0944. The van der Waals surface area contributed by atoms with E-state index in [4.69, 9.17) is 5.11 Å². The second kappa shape index (κ2) is 9.40. The summed E-state index contributed by atoms with van der Waals surface area (Å²) in [7, 11) is 0. The van der Waals surface area contributed by atoms with Crippen molar-refractivity contribution >= 4 is 17.7 Å². The normalized spacial score (nSPS) is 11.3. The van der Waals surface area contributed by atoms with E-state index in [9.17, 15) is 4.79 Å². The average molecular weight is 292 g/mol. The Bertz CT molecular complexity index is 494. The van der Waals surface area contributed by atoms with Crippen molar-refractivity contribution in [2.45, 2.75) is 13.3 Å². The molecule has 0 aliphatic heterocycles. The van der Waals surface area contributed by atoms with Gasteiger partial charge in [-0.3, -0.25) is 4.79 Å². The molecule has 1 unspecified atom stereocenters. The summed E-state index contributed by atoms with van der Waals surface area (Å²) in [6.45, 7) is 2.73. The fraction of sp³-hybridized carbons (Fsp3) is 0.467. The summed E-state index contributed by atoms with van der Waals surface area (Å²) in [4.78, 5) is 16.2. The van der Waals surface area contributed by atoms with Crippen LogP contribution in [0.3, 0.4) is 0 Å². The SMILES string of the molecule is CSCC(C)CNC(=O)c1ncccc1C#CCCO. The standard InChI is InChI=1S/C15H20N2O2S/c1-12(11-20-2)10-17-15(19)14-13(6-3-4-9-18)7-5-8-16-14/h5,7-8,12,18H,4,9-11H2,1-2H3,(H,17,19). The summed E-state index contributed by atoms with van der Waals surface area (Å²) in [5, 5.41) is 11.6. The molecule has 108 valence electrons. The molecule has 1 rings (SSSR count). The summed E-state index contributed by atoms with van der Waals surface area (Å²) >= 11 is 1.76. The predicted molar refractivity (Wildman–Crippen MR) is 82.7 cm³/mol. The Morgan fingerprint density at radius 2 is 2.40 bits per heavy atom. The van der Waals surface area contributed by atoms with Crippen molar-refractivity contribution in [3.8, 4) is 11.8 Å². The topological polar surface area (TPSA) is 62.2 Å². The molecule has 1 atom stereocenters. The molecule has 0 saturated heterocycles. The van der Waals surface area contributed by atoms with Crippen LogP contribution in [0.15, 0.2) is 18.3 Å². The van der Waals surface area contributed by atoms with Gasteiger partial charge < -0.3 is 10.4 Å². The molecular weight excluding hydrogens is 272 g/mol. The number of aliphatic hydroxyl groups excluding tert-OH is 1. The van der Waals surface area contributed by atoms with E-state index in [1.807, 2.05) is 6.26 Å². The van der Waals surface area contributed by atoms with Gasteiger partial charge in [-0.15, -0.1) is 0 Å². The van der Waals surface area contributed by atoms with E-state index in [0.29, 0.717) is 30.1 Å². The molecule has 20 heavy (non-hydrogen) atoms. The van der Waals surface area contributed by atoms with Gasteiger partial charge in [-0.25, -0.2) is 4.98 Å². The van der Waals surface area contributed by atoms with Gasteiger partial charge in [0.1, 0.15) is 5.69 Å². The number of nitrogens with one attached hydrogen (secondary N) is 1. The summed E-state index contributed by atoms with van der Waals surface area (Å²) in [6, 6.07) is 3.51. The van der Waals surface area contributed by atoms with Crippen molar-refractivity contribution in [1.82, 2.24) is 10.3 Å². The van der Waals surface area contributed by atoms with Gasteiger partial charge in [0.2, 0.25) is 0 Å². The zero-order valence-electron chi connectivity index (χ0n) is 11.8. The van der Waals surface area contributed by atoms with Gasteiger partial charge in [0.05, 0.1) is 12.2 Å². The molecular formula is C15H20N2O2S. The highest BCUT2D eigenvalue weighted by Crippen LogP contribution is 2.06.